The van der Waals surface area contributed by atoms with Gasteiger partial charge in [-0.25, -0.2) is 0 Å². The van der Waals surface area contributed by atoms with E-state index in [0.717, 1.165) is 32.4 Å². The Morgan fingerprint density at radius 2 is 2.17 bits per heavy atom. The Balaban J connectivity index is 1.91. The Kier molecular flexibility index (Phi) is 8.25. The molecule has 0 bridgehead atoms. The number of hydrogen-bond acceptors (Lipinski definition) is 4. The maximum atomic E-state index is 11.5. The highest BCUT2D eigenvalue weighted by Gasteiger charge is 2.13. The van der Waals surface area contributed by atoms with Crippen molar-refractivity contribution in [3.63, 3.8) is 0 Å². The summed E-state index contributed by atoms with van der Waals surface area (Å²) in [7, 11) is 0. The van der Waals surface area contributed by atoms with Gasteiger partial charge in [0.25, 0.3) is 0 Å². The maximum absolute atomic E-state index is 11.5. The van der Waals surface area contributed by atoms with Crippen molar-refractivity contribution in [2.45, 2.75) is 31.8 Å². The second-order valence-corrected chi connectivity index (χ2v) is 4.31. The molecule has 1 heterocycles. The van der Waals surface area contributed by atoms with E-state index in [9.17, 15) is 4.79 Å². The van der Waals surface area contributed by atoms with Gasteiger partial charge in [-0.05, 0) is 32.4 Å². The second kappa shape index (κ2) is 9.91. The average Bonchev–Trinajstić information content (AvgIpc) is 2.40. The van der Waals surface area contributed by atoms with Crippen LogP contribution in [0.25, 0.3) is 0 Å². The number of hydrogen-bond donors (Lipinski definition) is 2. The molecule has 1 fully saturated rings. The van der Waals surface area contributed by atoms with Crippen LogP contribution in [0.15, 0.2) is 12.8 Å². The van der Waals surface area contributed by atoms with Crippen molar-refractivity contribution in [1.82, 2.24) is 10.6 Å². The highest BCUT2D eigenvalue weighted by Crippen LogP contribution is 2.07. The fourth-order valence-corrected chi connectivity index (χ4v) is 1.84. The van der Waals surface area contributed by atoms with Crippen LogP contribution >= 0.6 is 0 Å². The van der Waals surface area contributed by atoms with Gasteiger partial charge in [0.15, 0.2) is 0 Å². The van der Waals surface area contributed by atoms with Gasteiger partial charge in [0, 0.05) is 13.0 Å². The SMILES string of the molecule is C=COCCCNC(=O)CCOC1CCNCC1. The fraction of sp³-hybridized carbons (Fsp3) is 0.769. The molecule has 1 amide bonds. The van der Waals surface area contributed by atoms with E-state index in [4.69, 9.17) is 9.47 Å². The summed E-state index contributed by atoms with van der Waals surface area (Å²) in [6.07, 6.45) is 5.05. The van der Waals surface area contributed by atoms with E-state index in [2.05, 4.69) is 17.2 Å². The van der Waals surface area contributed by atoms with Crippen molar-refractivity contribution in [3.05, 3.63) is 12.8 Å². The van der Waals surface area contributed by atoms with Crippen LogP contribution in [0.3, 0.4) is 0 Å². The lowest BCUT2D eigenvalue weighted by Crippen LogP contribution is -2.33. The second-order valence-electron chi connectivity index (χ2n) is 4.31. The van der Waals surface area contributed by atoms with Crippen LogP contribution < -0.4 is 10.6 Å². The first-order valence-corrected chi connectivity index (χ1v) is 6.64. The van der Waals surface area contributed by atoms with E-state index in [1.807, 2.05) is 0 Å². The molecule has 1 aliphatic rings. The molecule has 18 heavy (non-hydrogen) atoms. The van der Waals surface area contributed by atoms with Crippen LogP contribution in [0, 0.1) is 0 Å². The molecule has 0 spiro atoms. The lowest BCUT2D eigenvalue weighted by molar-refractivity contribution is -0.122. The van der Waals surface area contributed by atoms with Crippen molar-refractivity contribution >= 4 is 5.91 Å². The number of rotatable bonds is 9. The summed E-state index contributed by atoms with van der Waals surface area (Å²) >= 11 is 0. The third-order valence-electron chi connectivity index (χ3n) is 2.85. The predicted octanol–water partition coefficient (Wildman–Crippen LogP) is 0.811. The molecule has 104 valence electrons. The smallest absolute Gasteiger partial charge is 0.222 e. The molecule has 1 rings (SSSR count). The van der Waals surface area contributed by atoms with Crippen molar-refractivity contribution in [1.29, 1.82) is 0 Å². The minimum absolute atomic E-state index is 0.0440. The lowest BCUT2D eigenvalue weighted by Gasteiger charge is -2.22. The summed E-state index contributed by atoms with van der Waals surface area (Å²) < 4.78 is 10.6. The molecular formula is C13H24N2O3. The largest absolute Gasteiger partial charge is 0.502 e. The van der Waals surface area contributed by atoms with Gasteiger partial charge in [-0.1, -0.05) is 6.58 Å². The third-order valence-corrected chi connectivity index (χ3v) is 2.85. The topological polar surface area (TPSA) is 59.6 Å². The van der Waals surface area contributed by atoms with E-state index in [1.165, 1.54) is 6.26 Å². The van der Waals surface area contributed by atoms with Crippen LogP contribution in [0.2, 0.25) is 0 Å². The molecule has 1 saturated heterocycles. The molecule has 0 aromatic rings. The average molecular weight is 256 g/mol. The standard InChI is InChI=1S/C13H24N2O3/c1-2-17-10-3-7-15-13(16)6-11-18-12-4-8-14-9-5-12/h2,12,14H,1,3-11H2,(H,15,16). The van der Waals surface area contributed by atoms with Crippen LogP contribution in [0.1, 0.15) is 25.7 Å². The molecular weight excluding hydrogens is 232 g/mol. The van der Waals surface area contributed by atoms with Gasteiger partial charge in [0.2, 0.25) is 5.91 Å². The summed E-state index contributed by atoms with van der Waals surface area (Å²) in [6.45, 7) is 7.22. The number of nitrogens with one attached hydrogen (secondary N) is 2. The first-order valence-electron chi connectivity index (χ1n) is 6.64. The molecule has 2 N–H and O–H groups in total. The maximum Gasteiger partial charge on any atom is 0.222 e. The minimum Gasteiger partial charge on any atom is -0.502 e. The summed E-state index contributed by atoms with van der Waals surface area (Å²) in [6, 6.07) is 0. The van der Waals surface area contributed by atoms with Gasteiger partial charge in [-0.2, -0.15) is 0 Å². The summed E-state index contributed by atoms with van der Waals surface area (Å²) in [5.41, 5.74) is 0. The van der Waals surface area contributed by atoms with Crippen molar-refractivity contribution in [2.24, 2.45) is 0 Å². The molecule has 0 atom stereocenters. The van der Waals surface area contributed by atoms with Crippen molar-refractivity contribution < 1.29 is 14.3 Å². The zero-order valence-electron chi connectivity index (χ0n) is 11.0. The highest BCUT2D eigenvalue weighted by atomic mass is 16.5. The molecule has 0 aromatic carbocycles. The number of amides is 1. The quantitative estimate of drug-likeness (QED) is 0.473. The number of carbonyl (C=O) groups excluding carboxylic acids is 1. The zero-order chi connectivity index (χ0) is 13.1. The predicted molar refractivity (Wildman–Crippen MR) is 70.2 cm³/mol. The Morgan fingerprint density at radius 3 is 2.89 bits per heavy atom. The minimum atomic E-state index is 0.0440. The highest BCUT2D eigenvalue weighted by molar-refractivity contribution is 5.75. The Morgan fingerprint density at radius 1 is 1.39 bits per heavy atom. The van der Waals surface area contributed by atoms with E-state index < -0.39 is 0 Å². The number of ether oxygens (including phenoxy) is 2. The molecule has 1 aliphatic heterocycles. The molecule has 0 unspecified atom stereocenters. The molecule has 0 radical (unpaired) electrons. The summed E-state index contributed by atoms with van der Waals surface area (Å²) in [5, 5.41) is 6.11. The Labute approximate surface area is 109 Å². The van der Waals surface area contributed by atoms with Crippen LogP contribution in [0.4, 0.5) is 0 Å². The van der Waals surface area contributed by atoms with E-state index in [0.29, 0.717) is 32.3 Å². The Bertz CT molecular complexity index is 240. The van der Waals surface area contributed by atoms with Crippen molar-refractivity contribution in [3.8, 4) is 0 Å². The van der Waals surface area contributed by atoms with Gasteiger partial charge in [0.05, 0.1) is 25.6 Å². The molecule has 5 heteroatoms. The first-order chi connectivity index (χ1) is 8.83. The van der Waals surface area contributed by atoms with Gasteiger partial charge < -0.3 is 20.1 Å². The molecule has 0 saturated carbocycles. The Hall–Kier alpha value is -1.07. The van der Waals surface area contributed by atoms with Crippen LogP contribution in [-0.2, 0) is 14.3 Å². The fourth-order valence-electron chi connectivity index (χ4n) is 1.84. The molecule has 0 aliphatic carbocycles. The summed E-state index contributed by atoms with van der Waals surface area (Å²) in [4.78, 5) is 11.5. The number of carbonyl (C=O) groups is 1. The third kappa shape index (κ3) is 7.29. The van der Waals surface area contributed by atoms with E-state index >= 15 is 0 Å². The van der Waals surface area contributed by atoms with Crippen molar-refractivity contribution in [2.75, 3.05) is 32.8 Å². The monoisotopic (exact) mass is 256 g/mol. The molecule has 5 nitrogen and oxygen atoms in total. The van der Waals surface area contributed by atoms with Gasteiger partial charge in [-0.15, -0.1) is 0 Å². The van der Waals surface area contributed by atoms with Crippen LogP contribution in [-0.4, -0.2) is 44.9 Å². The first kappa shape index (κ1) is 15.0. The number of piperidine rings is 1. The van der Waals surface area contributed by atoms with E-state index in [-0.39, 0.29) is 5.91 Å². The zero-order valence-corrected chi connectivity index (χ0v) is 11.0. The van der Waals surface area contributed by atoms with Gasteiger partial charge in [0.1, 0.15) is 0 Å². The summed E-state index contributed by atoms with van der Waals surface area (Å²) in [5.74, 6) is 0.0440. The lowest BCUT2D eigenvalue weighted by atomic mass is 10.1. The normalized spacial score (nSPS) is 16.2. The van der Waals surface area contributed by atoms with E-state index in [1.54, 1.807) is 0 Å². The molecule has 0 aromatic heterocycles. The van der Waals surface area contributed by atoms with Crippen LogP contribution in [0.5, 0.6) is 0 Å². The van der Waals surface area contributed by atoms with Gasteiger partial charge >= 0.3 is 0 Å². The van der Waals surface area contributed by atoms with Gasteiger partial charge in [-0.3, -0.25) is 4.79 Å².